The number of amides is 1. The number of hydrogen-bond acceptors (Lipinski definition) is 5. The number of thiophene rings is 1. The molecule has 6 heteroatoms. The number of aliphatic hydroxyl groups is 1. The van der Waals surface area contributed by atoms with Crippen molar-refractivity contribution in [2.45, 2.75) is 5.60 Å². The second-order valence-electron chi connectivity index (χ2n) is 5.65. The summed E-state index contributed by atoms with van der Waals surface area (Å²) in [6.45, 7) is -0.0308. The van der Waals surface area contributed by atoms with Crippen LogP contribution in [-0.4, -0.2) is 17.6 Å². The van der Waals surface area contributed by atoms with E-state index in [0.29, 0.717) is 16.2 Å². The third-order valence-electron chi connectivity index (χ3n) is 4.01. The third-order valence-corrected chi connectivity index (χ3v) is 5.03. The van der Waals surface area contributed by atoms with E-state index in [1.165, 1.54) is 17.6 Å². The van der Waals surface area contributed by atoms with E-state index < -0.39 is 11.5 Å². The number of furan rings is 2. The van der Waals surface area contributed by atoms with Gasteiger partial charge in [-0.2, -0.15) is 0 Å². The fourth-order valence-electron chi connectivity index (χ4n) is 2.71. The van der Waals surface area contributed by atoms with Gasteiger partial charge in [0.15, 0.2) is 11.4 Å². The summed E-state index contributed by atoms with van der Waals surface area (Å²) in [6.07, 6.45) is 1.50. The molecule has 0 fully saturated rings. The Labute approximate surface area is 147 Å². The molecule has 5 nitrogen and oxygen atoms in total. The minimum absolute atomic E-state index is 0.0308. The molecule has 0 aliphatic heterocycles. The Hall–Kier alpha value is -2.83. The molecular formula is C19H15NO4S. The molecule has 1 amide bonds. The zero-order chi connectivity index (χ0) is 17.3. The van der Waals surface area contributed by atoms with Crippen LogP contribution >= 0.6 is 11.3 Å². The minimum Gasteiger partial charge on any atom is -0.466 e. The fraction of sp³-hybridized carbons (Fsp3) is 0.105. The average molecular weight is 353 g/mol. The highest BCUT2D eigenvalue weighted by Gasteiger charge is 2.36. The highest BCUT2D eigenvalue weighted by atomic mass is 32.1. The number of carbonyl (C=O) groups excluding carboxylic acids is 1. The lowest BCUT2D eigenvalue weighted by molar-refractivity contribution is 0.0547. The minimum atomic E-state index is -1.43. The SMILES string of the molecule is O=C(NCC(O)(c1ccco1)c1cccs1)c1cc2ccccc2o1. The van der Waals surface area contributed by atoms with Crippen molar-refractivity contribution in [1.29, 1.82) is 0 Å². The maximum Gasteiger partial charge on any atom is 0.287 e. The Morgan fingerprint density at radius 1 is 1.16 bits per heavy atom. The summed E-state index contributed by atoms with van der Waals surface area (Å²) in [4.78, 5) is 13.1. The Morgan fingerprint density at radius 2 is 2.04 bits per heavy atom. The first-order chi connectivity index (χ1) is 12.2. The molecule has 4 aromatic rings. The first kappa shape index (κ1) is 15.7. The number of nitrogens with one attached hydrogen (secondary N) is 1. The van der Waals surface area contributed by atoms with Crippen molar-refractivity contribution >= 4 is 28.2 Å². The molecule has 3 heterocycles. The van der Waals surface area contributed by atoms with Gasteiger partial charge >= 0.3 is 0 Å². The maximum atomic E-state index is 12.5. The largest absolute Gasteiger partial charge is 0.466 e. The average Bonchev–Trinajstić information content (AvgIpc) is 3.40. The second kappa shape index (κ2) is 6.23. The maximum absolute atomic E-state index is 12.5. The summed E-state index contributed by atoms with van der Waals surface area (Å²) in [7, 11) is 0. The highest BCUT2D eigenvalue weighted by molar-refractivity contribution is 7.10. The molecule has 2 N–H and O–H groups in total. The smallest absolute Gasteiger partial charge is 0.287 e. The van der Waals surface area contributed by atoms with Crippen LogP contribution in [-0.2, 0) is 5.60 Å². The second-order valence-corrected chi connectivity index (χ2v) is 6.59. The van der Waals surface area contributed by atoms with Gasteiger partial charge in [0.25, 0.3) is 5.91 Å². The first-order valence-corrected chi connectivity index (χ1v) is 8.62. The van der Waals surface area contributed by atoms with Crippen LogP contribution in [0.2, 0.25) is 0 Å². The molecule has 1 atom stereocenters. The van der Waals surface area contributed by atoms with E-state index in [4.69, 9.17) is 8.83 Å². The molecule has 0 saturated heterocycles. The van der Waals surface area contributed by atoms with Gasteiger partial charge in [0, 0.05) is 10.3 Å². The van der Waals surface area contributed by atoms with Gasteiger partial charge in [-0.25, -0.2) is 0 Å². The molecule has 0 saturated carbocycles. The van der Waals surface area contributed by atoms with Crippen LogP contribution in [0.5, 0.6) is 0 Å². The van der Waals surface area contributed by atoms with E-state index in [-0.39, 0.29) is 12.3 Å². The van der Waals surface area contributed by atoms with E-state index in [0.717, 1.165) is 5.39 Å². The van der Waals surface area contributed by atoms with Gasteiger partial charge in [-0.05, 0) is 35.7 Å². The van der Waals surface area contributed by atoms with Crippen LogP contribution < -0.4 is 5.32 Å². The first-order valence-electron chi connectivity index (χ1n) is 7.74. The summed E-state index contributed by atoms with van der Waals surface area (Å²) < 4.78 is 11.0. The van der Waals surface area contributed by atoms with Crippen LogP contribution in [0.4, 0.5) is 0 Å². The fourth-order valence-corrected chi connectivity index (χ4v) is 3.54. The zero-order valence-corrected chi connectivity index (χ0v) is 14.0. The van der Waals surface area contributed by atoms with Crippen molar-refractivity contribution in [2.75, 3.05) is 6.54 Å². The Balaban J connectivity index is 1.58. The van der Waals surface area contributed by atoms with Crippen LogP contribution in [0.15, 0.2) is 75.1 Å². The lowest BCUT2D eigenvalue weighted by Gasteiger charge is -2.25. The van der Waals surface area contributed by atoms with Gasteiger partial charge in [-0.15, -0.1) is 11.3 Å². The summed E-state index contributed by atoms with van der Waals surface area (Å²) in [5.41, 5.74) is -0.786. The highest BCUT2D eigenvalue weighted by Crippen LogP contribution is 2.32. The Kier molecular flexibility index (Phi) is 3.91. The van der Waals surface area contributed by atoms with Gasteiger partial charge in [-0.1, -0.05) is 24.3 Å². The van der Waals surface area contributed by atoms with E-state index >= 15 is 0 Å². The number of para-hydroxylation sites is 1. The van der Waals surface area contributed by atoms with E-state index in [9.17, 15) is 9.90 Å². The molecule has 25 heavy (non-hydrogen) atoms. The van der Waals surface area contributed by atoms with Crippen LogP contribution in [0.25, 0.3) is 11.0 Å². The Morgan fingerprint density at radius 3 is 2.76 bits per heavy atom. The van der Waals surface area contributed by atoms with E-state index in [2.05, 4.69) is 5.32 Å². The number of hydrogen-bond donors (Lipinski definition) is 2. The molecule has 0 bridgehead atoms. The molecule has 0 spiro atoms. The van der Waals surface area contributed by atoms with Gasteiger partial charge in [0.05, 0.1) is 12.8 Å². The van der Waals surface area contributed by atoms with Crippen LogP contribution in [0, 0.1) is 0 Å². The van der Waals surface area contributed by atoms with Crippen molar-refractivity contribution in [3.05, 3.63) is 82.6 Å². The zero-order valence-electron chi connectivity index (χ0n) is 13.1. The van der Waals surface area contributed by atoms with Gasteiger partial charge in [-0.3, -0.25) is 4.79 Å². The lowest BCUT2D eigenvalue weighted by Crippen LogP contribution is -2.40. The van der Waals surface area contributed by atoms with Crippen molar-refractivity contribution in [3.63, 3.8) is 0 Å². The molecule has 0 aliphatic rings. The van der Waals surface area contributed by atoms with Gasteiger partial charge < -0.3 is 19.3 Å². The van der Waals surface area contributed by atoms with Crippen LogP contribution in [0.3, 0.4) is 0 Å². The van der Waals surface area contributed by atoms with Crippen molar-refractivity contribution in [1.82, 2.24) is 5.32 Å². The standard InChI is InChI=1S/C19H15NO4S/c21-18(15-11-13-5-1-2-6-14(13)24-15)20-12-19(22,16-7-3-9-23-16)17-8-4-10-25-17/h1-11,22H,12H2,(H,20,21). The number of benzene rings is 1. The van der Waals surface area contributed by atoms with Gasteiger partial charge in [0.1, 0.15) is 11.3 Å². The number of carbonyl (C=O) groups is 1. The van der Waals surface area contributed by atoms with Crippen LogP contribution in [0.1, 0.15) is 21.2 Å². The number of rotatable bonds is 5. The number of fused-ring (bicyclic) bond motifs is 1. The summed E-state index contributed by atoms with van der Waals surface area (Å²) >= 11 is 1.39. The van der Waals surface area contributed by atoms with Crippen molar-refractivity contribution in [3.8, 4) is 0 Å². The summed E-state index contributed by atoms with van der Waals surface area (Å²) in [5, 5.41) is 16.6. The molecular weight excluding hydrogens is 338 g/mol. The van der Waals surface area contributed by atoms with Gasteiger partial charge in [0.2, 0.25) is 0 Å². The monoisotopic (exact) mass is 353 g/mol. The van der Waals surface area contributed by atoms with E-state index in [1.807, 2.05) is 29.6 Å². The molecule has 0 aliphatic carbocycles. The molecule has 1 unspecified atom stereocenters. The Bertz CT molecular complexity index is 918. The lowest BCUT2D eigenvalue weighted by atomic mass is 9.98. The molecule has 1 aromatic carbocycles. The molecule has 3 aromatic heterocycles. The normalized spacial score (nSPS) is 13.6. The van der Waals surface area contributed by atoms with Crippen molar-refractivity contribution in [2.24, 2.45) is 0 Å². The summed E-state index contributed by atoms with van der Waals surface area (Å²) in [5.74, 6) is 0.187. The predicted molar refractivity (Wildman–Crippen MR) is 94.6 cm³/mol. The summed E-state index contributed by atoms with van der Waals surface area (Å²) in [6, 6.07) is 16.1. The third kappa shape index (κ3) is 2.86. The molecule has 126 valence electrons. The predicted octanol–water partition coefficient (Wildman–Crippen LogP) is 3.75. The quantitative estimate of drug-likeness (QED) is 0.573. The molecule has 4 rings (SSSR count). The molecule has 0 radical (unpaired) electrons. The van der Waals surface area contributed by atoms with Crippen molar-refractivity contribution < 1.29 is 18.7 Å². The van der Waals surface area contributed by atoms with E-state index in [1.54, 1.807) is 30.3 Å². The topological polar surface area (TPSA) is 75.6 Å².